The van der Waals surface area contributed by atoms with Gasteiger partial charge in [-0.05, 0) is 18.2 Å². The summed E-state index contributed by atoms with van der Waals surface area (Å²) in [6, 6.07) is 10.4. The lowest BCUT2D eigenvalue weighted by atomic mass is 10.2. The molecule has 2 heterocycles. The number of nitrogens with zero attached hydrogens (tertiary/aromatic N) is 1. The third kappa shape index (κ3) is 3.75. The lowest BCUT2D eigenvalue weighted by Gasteiger charge is -2.16. The van der Waals surface area contributed by atoms with E-state index < -0.39 is 40.1 Å². The Morgan fingerprint density at radius 2 is 2.00 bits per heavy atom. The maximum absolute atomic E-state index is 14.9. The van der Waals surface area contributed by atoms with E-state index in [2.05, 4.69) is 9.71 Å². The van der Waals surface area contributed by atoms with Gasteiger partial charge in [0.15, 0.2) is 10.7 Å². The smallest absolute Gasteiger partial charge is 0.346 e. The second-order valence-corrected chi connectivity index (χ2v) is 8.51. The van der Waals surface area contributed by atoms with E-state index in [0.717, 1.165) is 23.5 Å². The molecule has 0 amide bonds. The molecule has 0 saturated heterocycles. The minimum atomic E-state index is -1.76. The zero-order valence-electron chi connectivity index (χ0n) is 16.2. The van der Waals surface area contributed by atoms with Crippen molar-refractivity contribution in [2.24, 2.45) is 0 Å². The van der Waals surface area contributed by atoms with Crippen LogP contribution in [-0.4, -0.2) is 32.3 Å². The van der Waals surface area contributed by atoms with Gasteiger partial charge in [-0.2, -0.15) is 4.72 Å². The normalized spacial score (nSPS) is 12.0. The van der Waals surface area contributed by atoms with Crippen LogP contribution in [0, 0.1) is 5.82 Å². The Morgan fingerprint density at radius 1 is 1.28 bits per heavy atom. The van der Waals surface area contributed by atoms with Crippen LogP contribution in [0.5, 0.6) is 5.75 Å². The number of hydrogen-bond donors (Lipinski definition) is 3. The third-order valence-corrected chi connectivity index (χ3v) is 6.59. The molecule has 1 atom stereocenters. The summed E-state index contributed by atoms with van der Waals surface area (Å²) in [5, 5.41) is 10.4. The second kappa shape index (κ2) is 8.49. The van der Waals surface area contributed by atoms with Gasteiger partial charge in [-0.25, -0.2) is 18.5 Å². The first-order valence-electron chi connectivity index (χ1n) is 8.93. The lowest BCUT2D eigenvalue weighted by Crippen LogP contribution is -2.34. The van der Waals surface area contributed by atoms with Gasteiger partial charge in [0.05, 0.1) is 23.7 Å². The van der Waals surface area contributed by atoms with Crippen molar-refractivity contribution in [3.63, 3.8) is 0 Å². The number of halogens is 1. The predicted molar refractivity (Wildman–Crippen MR) is 118 cm³/mol. The molecule has 4 aromatic rings. The Hall–Kier alpha value is -3.61. The first-order chi connectivity index (χ1) is 15.3. The topological polar surface area (TPSA) is 136 Å². The Bertz CT molecular complexity index is 1450. The highest BCUT2D eigenvalue weighted by molar-refractivity contribution is 7.92. The predicted octanol–water partition coefficient (Wildman–Crippen LogP) is 2.72. The highest BCUT2D eigenvalue weighted by atomic mass is 32.2. The Labute approximate surface area is 186 Å². The maximum atomic E-state index is 14.9. The fourth-order valence-corrected chi connectivity index (χ4v) is 4.79. The van der Waals surface area contributed by atoms with Gasteiger partial charge >= 0.3 is 11.7 Å². The van der Waals surface area contributed by atoms with Crippen LogP contribution in [0.1, 0.15) is 9.67 Å². The number of hydrogen-bond acceptors (Lipinski definition) is 7. The van der Waals surface area contributed by atoms with E-state index in [9.17, 15) is 28.4 Å². The summed E-state index contributed by atoms with van der Waals surface area (Å²) in [5.41, 5.74) is -2.33. The van der Waals surface area contributed by atoms with Gasteiger partial charge in [0.2, 0.25) is 0 Å². The van der Waals surface area contributed by atoms with Crippen LogP contribution in [0.3, 0.4) is 0 Å². The first-order valence-corrected chi connectivity index (χ1v) is 11.0. The number of aromatic amines is 1. The monoisotopic (exact) mass is 475 g/mol. The SMILES string of the molecule is COc1cc(F)c(-n2c(=O)[nH]c3csc(C(=O)O)c3c2=O)cc1N[S+]([O-])c1ccccc1. The fourth-order valence-electron chi connectivity index (χ4n) is 3.08. The number of ether oxygens (including phenoxy) is 1. The molecule has 3 N–H and O–H groups in total. The van der Waals surface area contributed by atoms with Gasteiger partial charge in [0.25, 0.3) is 5.56 Å². The molecular weight excluding hydrogens is 461 g/mol. The van der Waals surface area contributed by atoms with Crippen LogP contribution in [0.2, 0.25) is 0 Å². The number of aromatic carboxylic acids is 1. The molecule has 1 unspecified atom stereocenters. The molecule has 2 aromatic heterocycles. The molecule has 0 aliphatic rings. The molecule has 0 bridgehead atoms. The van der Waals surface area contributed by atoms with Gasteiger partial charge in [-0.1, -0.05) is 18.2 Å². The lowest BCUT2D eigenvalue weighted by molar-refractivity contribution is 0.0704. The molecule has 12 heteroatoms. The van der Waals surface area contributed by atoms with Crippen LogP contribution in [0.15, 0.2) is 62.3 Å². The van der Waals surface area contributed by atoms with Gasteiger partial charge in [0.1, 0.15) is 27.7 Å². The molecule has 9 nitrogen and oxygen atoms in total. The van der Waals surface area contributed by atoms with E-state index in [-0.39, 0.29) is 27.2 Å². The van der Waals surface area contributed by atoms with Crippen LogP contribution in [0.25, 0.3) is 16.6 Å². The Morgan fingerprint density at radius 3 is 2.66 bits per heavy atom. The minimum Gasteiger partial charge on any atom is -0.588 e. The highest BCUT2D eigenvalue weighted by Gasteiger charge is 2.23. The average molecular weight is 475 g/mol. The van der Waals surface area contributed by atoms with Crippen molar-refractivity contribution in [2.45, 2.75) is 4.90 Å². The molecule has 0 radical (unpaired) electrons. The molecule has 0 saturated carbocycles. The standard InChI is InChI=1S/C20H14FN3O6S2/c1-30-15-7-11(21)14(8-12(15)23-32(29)10-5-3-2-4-6-10)24-18(25)16-13(22-20(24)28)9-31-17(16)19(26)27/h2-9,23H,1H3,(H,22,28)(H,26,27). The number of aromatic nitrogens is 2. The second-order valence-electron chi connectivity index (χ2n) is 6.42. The van der Waals surface area contributed by atoms with Crippen LogP contribution in [-0.2, 0) is 11.4 Å². The molecule has 164 valence electrons. The van der Waals surface area contributed by atoms with Crippen molar-refractivity contribution >= 4 is 45.3 Å². The zero-order chi connectivity index (χ0) is 23.0. The summed E-state index contributed by atoms with van der Waals surface area (Å²) in [4.78, 5) is 39.6. The molecular formula is C20H14FN3O6S2. The van der Waals surface area contributed by atoms with Crippen molar-refractivity contribution in [1.29, 1.82) is 0 Å². The van der Waals surface area contributed by atoms with Crippen LogP contribution in [0.4, 0.5) is 10.1 Å². The number of carboxylic acid groups (broad SMARTS) is 1. The van der Waals surface area contributed by atoms with Crippen molar-refractivity contribution < 1.29 is 23.6 Å². The largest absolute Gasteiger partial charge is 0.588 e. The number of fused-ring (bicyclic) bond motifs is 1. The molecule has 2 aromatic carbocycles. The number of carbonyl (C=O) groups is 1. The molecule has 4 rings (SSSR count). The van der Waals surface area contributed by atoms with Gasteiger partial charge < -0.3 is 19.4 Å². The summed E-state index contributed by atoms with van der Waals surface area (Å²) < 4.78 is 35.9. The number of H-pyrrole nitrogens is 1. The Balaban J connectivity index is 1.89. The van der Waals surface area contributed by atoms with Crippen molar-refractivity contribution in [3.8, 4) is 11.4 Å². The number of carboxylic acids is 1. The van der Waals surface area contributed by atoms with E-state index in [1.54, 1.807) is 30.3 Å². The number of anilines is 1. The number of methoxy groups -OCH3 is 1. The summed E-state index contributed by atoms with van der Waals surface area (Å²) in [6.45, 7) is 0. The highest BCUT2D eigenvalue weighted by Crippen LogP contribution is 2.31. The Kier molecular flexibility index (Phi) is 5.74. The zero-order valence-corrected chi connectivity index (χ0v) is 17.9. The van der Waals surface area contributed by atoms with Crippen molar-refractivity contribution in [2.75, 3.05) is 11.8 Å². The van der Waals surface area contributed by atoms with E-state index in [1.165, 1.54) is 12.5 Å². The van der Waals surface area contributed by atoms with Crippen molar-refractivity contribution in [1.82, 2.24) is 9.55 Å². The van der Waals surface area contributed by atoms with E-state index in [1.807, 2.05) is 0 Å². The fraction of sp³-hybridized carbons (Fsp3) is 0.0500. The van der Waals surface area contributed by atoms with Crippen LogP contribution < -0.4 is 20.7 Å². The van der Waals surface area contributed by atoms with Gasteiger partial charge in [-0.15, -0.1) is 11.3 Å². The quantitative estimate of drug-likeness (QED) is 0.365. The maximum Gasteiger partial charge on any atom is 0.346 e. The molecule has 0 aliphatic carbocycles. The minimum absolute atomic E-state index is 0.0113. The first kappa shape index (κ1) is 21.6. The van der Waals surface area contributed by atoms with E-state index in [0.29, 0.717) is 9.46 Å². The van der Waals surface area contributed by atoms with Crippen molar-refractivity contribution in [3.05, 3.63) is 79.4 Å². The summed E-state index contributed by atoms with van der Waals surface area (Å²) in [6.07, 6.45) is 0. The molecule has 32 heavy (non-hydrogen) atoms. The summed E-state index contributed by atoms with van der Waals surface area (Å²) in [5.74, 6) is -2.34. The third-order valence-electron chi connectivity index (χ3n) is 4.52. The number of nitrogens with one attached hydrogen (secondary N) is 2. The summed E-state index contributed by atoms with van der Waals surface area (Å²) >= 11 is -0.988. The number of benzene rings is 2. The number of thiophene rings is 1. The van der Waals surface area contributed by atoms with E-state index >= 15 is 0 Å². The molecule has 0 aliphatic heterocycles. The van der Waals surface area contributed by atoms with Gasteiger partial charge in [-0.3, -0.25) is 4.79 Å². The summed E-state index contributed by atoms with van der Waals surface area (Å²) in [7, 11) is 1.28. The molecule has 0 spiro atoms. The molecule has 0 fully saturated rings. The van der Waals surface area contributed by atoms with E-state index in [4.69, 9.17) is 4.74 Å². The van der Waals surface area contributed by atoms with Crippen LogP contribution >= 0.6 is 11.3 Å². The van der Waals surface area contributed by atoms with Gasteiger partial charge in [0, 0.05) is 11.4 Å². The average Bonchev–Trinajstić information content (AvgIpc) is 3.20. The number of rotatable bonds is 6.